The number of nitrogens with zero attached hydrogens (tertiary/aromatic N) is 1. The lowest BCUT2D eigenvalue weighted by Crippen LogP contribution is -2.41. The van der Waals surface area contributed by atoms with Gasteiger partial charge in [-0.15, -0.1) is 0 Å². The van der Waals surface area contributed by atoms with Gasteiger partial charge in [-0.25, -0.2) is 0 Å². The number of benzene rings is 3. The Bertz CT molecular complexity index is 1100. The minimum Gasteiger partial charge on any atom is -0.372 e. The van der Waals surface area contributed by atoms with Crippen molar-refractivity contribution in [3.05, 3.63) is 107 Å². The first-order chi connectivity index (χ1) is 16.1. The van der Waals surface area contributed by atoms with Crippen LogP contribution in [-0.2, 0) is 40.5 Å². The molecule has 1 unspecified atom stereocenters. The maximum absolute atomic E-state index is 12.8. The van der Waals surface area contributed by atoms with Crippen molar-refractivity contribution in [3.63, 3.8) is 0 Å². The van der Waals surface area contributed by atoms with Crippen molar-refractivity contribution in [3.8, 4) is 0 Å². The highest BCUT2D eigenvalue weighted by molar-refractivity contribution is 5.79. The highest BCUT2D eigenvalue weighted by Gasteiger charge is 2.30. The van der Waals surface area contributed by atoms with E-state index < -0.39 is 0 Å². The third kappa shape index (κ3) is 6.08. The highest BCUT2D eigenvalue weighted by Crippen LogP contribution is 2.32. The number of carbonyl (C=O) groups excluding carboxylic acids is 2. The van der Waals surface area contributed by atoms with Crippen molar-refractivity contribution in [2.24, 2.45) is 0 Å². The van der Waals surface area contributed by atoms with Crippen LogP contribution in [0.4, 0.5) is 0 Å². The summed E-state index contributed by atoms with van der Waals surface area (Å²) >= 11 is 0. The zero-order valence-corrected chi connectivity index (χ0v) is 19.0. The van der Waals surface area contributed by atoms with Gasteiger partial charge < -0.3 is 15.0 Å². The van der Waals surface area contributed by atoms with Crippen molar-refractivity contribution in [1.82, 2.24) is 10.2 Å². The fourth-order valence-corrected chi connectivity index (χ4v) is 4.39. The predicted octanol–water partition coefficient (Wildman–Crippen LogP) is 4.56. The Morgan fingerprint density at radius 2 is 1.61 bits per heavy atom. The third-order valence-corrected chi connectivity index (χ3v) is 6.06. The Hall–Kier alpha value is -3.44. The van der Waals surface area contributed by atoms with E-state index in [1.165, 1.54) is 5.56 Å². The molecule has 2 amide bonds. The normalized spacial score (nSPS) is 15.1. The van der Waals surface area contributed by atoms with Crippen LogP contribution in [0.3, 0.4) is 0 Å². The molecule has 0 aliphatic carbocycles. The maximum atomic E-state index is 12.8. The second-order valence-electron chi connectivity index (χ2n) is 8.46. The van der Waals surface area contributed by atoms with E-state index in [2.05, 4.69) is 17.4 Å². The first-order valence-electron chi connectivity index (χ1n) is 11.4. The fraction of sp³-hybridized carbons (Fsp3) is 0.286. The molecule has 3 aromatic carbocycles. The summed E-state index contributed by atoms with van der Waals surface area (Å²) in [6.45, 7) is 3.75. The molecule has 5 nitrogen and oxygen atoms in total. The van der Waals surface area contributed by atoms with Crippen LogP contribution < -0.4 is 5.32 Å². The van der Waals surface area contributed by atoms with E-state index in [0.717, 1.165) is 28.7 Å². The van der Waals surface area contributed by atoms with Crippen molar-refractivity contribution in [2.75, 3.05) is 6.54 Å². The largest absolute Gasteiger partial charge is 0.372 e. The summed E-state index contributed by atoms with van der Waals surface area (Å²) in [6.07, 6.45) is 1.09. The van der Waals surface area contributed by atoms with Crippen LogP contribution in [0, 0.1) is 0 Å². The molecule has 1 atom stereocenters. The molecule has 4 rings (SSSR count). The Morgan fingerprint density at radius 3 is 2.42 bits per heavy atom. The molecular weight excluding hydrogens is 412 g/mol. The van der Waals surface area contributed by atoms with Gasteiger partial charge in [0.15, 0.2) is 0 Å². The number of carbonyl (C=O) groups is 2. The molecule has 170 valence electrons. The summed E-state index contributed by atoms with van der Waals surface area (Å²) < 4.78 is 5.83. The summed E-state index contributed by atoms with van der Waals surface area (Å²) in [4.78, 5) is 26.8. The summed E-state index contributed by atoms with van der Waals surface area (Å²) in [6, 6.07) is 26.0. The molecule has 0 bridgehead atoms. The molecule has 33 heavy (non-hydrogen) atoms. The Balaban J connectivity index is 1.32. The lowest BCUT2D eigenvalue weighted by molar-refractivity contribution is -0.133. The van der Waals surface area contributed by atoms with Crippen LogP contribution in [0.1, 0.15) is 47.2 Å². The van der Waals surface area contributed by atoms with Gasteiger partial charge in [0, 0.05) is 20.0 Å². The van der Waals surface area contributed by atoms with Gasteiger partial charge in [-0.05, 0) is 34.2 Å². The van der Waals surface area contributed by atoms with Crippen LogP contribution >= 0.6 is 0 Å². The Morgan fingerprint density at radius 1 is 0.909 bits per heavy atom. The molecule has 0 radical (unpaired) electrons. The number of rotatable bonds is 8. The van der Waals surface area contributed by atoms with Gasteiger partial charge in [0.05, 0.1) is 25.7 Å². The van der Waals surface area contributed by atoms with Gasteiger partial charge in [0.2, 0.25) is 11.8 Å². The molecule has 0 aromatic heterocycles. The maximum Gasteiger partial charge on any atom is 0.222 e. The second-order valence-corrected chi connectivity index (χ2v) is 8.46. The van der Waals surface area contributed by atoms with E-state index in [9.17, 15) is 9.59 Å². The minimum atomic E-state index is -0.217. The molecule has 1 N–H and O–H groups in total. The smallest absolute Gasteiger partial charge is 0.222 e. The summed E-state index contributed by atoms with van der Waals surface area (Å²) in [7, 11) is 0. The van der Waals surface area contributed by atoms with E-state index >= 15 is 0 Å². The Kier molecular flexibility index (Phi) is 7.53. The number of ether oxygens (including phenoxy) is 1. The first-order valence-corrected chi connectivity index (χ1v) is 11.4. The molecule has 3 aromatic rings. The van der Waals surface area contributed by atoms with E-state index in [-0.39, 0.29) is 24.3 Å². The number of fused-ring (bicyclic) bond motifs is 1. The van der Waals surface area contributed by atoms with E-state index in [0.29, 0.717) is 26.3 Å². The molecule has 0 saturated heterocycles. The van der Waals surface area contributed by atoms with Gasteiger partial charge in [-0.3, -0.25) is 9.59 Å². The van der Waals surface area contributed by atoms with Gasteiger partial charge >= 0.3 is 0 Å². The van der Waals surface area contributed by atoms with Crippen LogP contribution in [0.25, 0.3) is 0 Å². The summed E-state index contributed by atoms with van der Waals surface area (Å²) in [5, 5.41) is 3.03. The van der Waals surface area contributed by atoms with Crippen molar-refractivity contribution in [2.45, 2.75) is 45.6 Å². The van der Waals surface area contributed by atoms with E-state index in [1.54, 1.807) is 6.92 Å². The van der Waals surface area contributed by atoms with Crippen molar-refractivity contribution >= 4 is 11.8 Å². The number of amides is 2. The molecule has 1 aliphatic heterocycles. The van der Waals surface area contributed by atoms with Crippen LogP contribution in [0.15, 0.2) is 78.9 Å². The first kappa shape index (κ1) is 22.7. The molecule has 0 fully saturated rings. The topological polar surface area (TPSA) is 58.6 Å². The van der Waals surface area contributed by atoms with Gasteiger partial charge in [0.1, 0.15) is 0 Å². The molecule has 0 saturated carbocycles. The van der Waals surface area contributed by atoms with Gasteiger partial charge in [0.25, 0.3) is 0 Å². The summed E-state index contributed by atoms with van der Waals surface area (Å²) in [5.41, 5.74) is 5.53. The third-order valence-electron chi connectivity index (χ3n) is 6.06. The standard InChI is InChI=1S/C28H30N2O3/c1-21(31)30-15-14-25-12-5-6-13-26(25)27(30)17-28(32)29-18-23-10-7-11-24(16-23)20-33-19-22-8-3-2-4-9-22/h2-13,16,27H,14-15,17-20H2,1H3,(H,29,32). The SMILES string of the molecule is CC(=O)N1CCc2ccccc2C1CC(=O)NCc1cccc(COCc2ccccc2)c1. The molecule has 1 heterocycles. The fourth-order valence-electron chi connectivity index (χ4n) is 4.39. The molecule has 1 aliphatic rings. The van der Waals surface area contributed by atoms with Crippen LogP contribution in [0.2, 0.25) is 0 Å². The predicted molar refractivity (Wildman–Crippen MR) is 128 cm³/mol. The number of nitrogens with one attached hydrogen (secondary N) is 1. The average Bonchev–Trinajstić information content (AvgIpc) is 2.84. The zero-order chi connectivity index (χ0) is 23.0. The van der Waals surface area contributed by atoms with E-state index in [4.69, 9.17) is 4.74 Å². The van der Waals surface area contributed by atoms with E-state index in [1.807, 2.05) is 71.6 Å². The average molecular weight is 443 g/mol. The van der Waals surface area contributed by atoms with Gasteiger partial charge in [-0.2, -0.15) is 0 Å². The monoisotopic (exact) mass is 442 g/mol. The minimum absolute atomic E-state index is 0.00510. The Labute approximate surface area is 195 Å². The lowest BCUT2D eigenvalue weighted by Gasteiger charge is -2.36. The van der Waals surface area contributed by atoms with Gasteiger partial charge in [-0.1, -0.05) is 78.9 Å². The number of hydrogen-bond acceptors (Lipinski definition) is 3. The summed E-state index contributed by atoms with van der Waals surface area (Å²) in [5.74, 6) is -0.0563. The van der Waals surface area contributed by atoms with Crippen molar-refractivity contribution in [1.29, 1.82) is 0 Å². The van der Waals surface area contributed by atoms with Crippen LogP contribution in [-0.4, -0.2) is 23.3 Å². The molecular formula is C28H30N2O3. The molecule has 5 heteroatoms. The zero-order valence-electron chi connectivity index (χ0n) is 19.0. The molecule has 0 spiro atoms. The van der Waals surface area contributed by atoms with Crippen molar-refractivity contribution < 1.29 is 14.3 Å². The van der Waals surface area contributed by atoms with Crippen LogP contribution in [0.5, 0.6) is 0 Å². The highest BCUT2D eigenvalue weighted by atomic mass is 16.5. The quantitative estimate of drug-likeness (QED) is 0.557. The number of hydrogen-bond donors (Lipinski definition) is 1. The second kappa shape index (κ2) is 10.9. The lowest BCUT2D eigenvalue weighted by atomic mass is 9.90.